The molecule has 0 heterocycles. The molecule has 0 fully saturated rings. The topological polar surface area (TPSA) is 105 Å². The van der Waals surface area contributed by atoms with Crippen LogP contribution in [0.25, 0.3) is 11.1 Å². The molecule has 3 N–H and O–H groups in total. The number of rotatable bonds is 7. The summed E-state index contributed by atoms with van der Waals surface area (Å²) in [5, 5.41) is 14.3. The van der Waals surface area contributed by atoms with Gasteiger partial charge in [-0.1, -0.05) is 71.7 Å². The Hall–Kier alpha value is -3.07. The van der Waals surface area contributed by atoms with Gasteiger partial charge in [0.1, 0.15) is 12.6 Å². The largest absolute Gasteiger partial charge is 0.481 e. The maximum Gasteiger partial charge on any atom is 0.407 e. The van der Waals surface area contributed by atoms with Crippen molar-refractivity contribution in [3.8, 4) is 11.1 Å². The van der Waals surface area contributed by atoms with Gasteiger partial charge in [-0.05, 0) is 50.3 Å². The van der Waals surface area contributed by atoms with Crippen LogP contribution in [-0.2, 0) is 14.3 Å². The fourth-order valence-electron chi connectivity index (χ4n) is 4.01. The smallest absolute Gasteiger partial charge is 0.407 e. The molecule has 180 valence electrons. The average molecular weight is 578 g/mol. The predicted octanol–water partition coefficient (Wildman–Crippen LogP) is 6.08. The lowest BCUT2D eigenvalue weighted by atomic mass is 9.98. The first-order valence-corrected chi connectivity index (χ1v) is 12.1. The molecule has 0 bridgehead atoms. The van der Waals surface area contributed by atoms with E-state index in [1.165, 1.54) is 6.07 Å². The molecule has 7 nitrogen and oxygen atoms in total. The molecule has 3 aromatic carbocycles. The molecular weight excluding hydrogens is 559 g/mol. The van der Waals surface area contributed by atoms with E-state index in [4.69, 9.17) is 27.9 Å². The van der Waals surface area contributed by atoms with Crippen LogP contribution in [0.5, 0.6) is 0 Å². The molecule has 4 rings (SSSR count). The number of nitrogens with one attached hydrogen (secondary N) is 2. The van der Waals surface area contributed by atoms with Gasteiger partial charge in [-0.3, -0.25) is 9.59 Å². The zero-order valence-electron chi connectivity index (χ0n) is 18.1. The van der Waals surface area contributed by atoms with E-state index in [-0.39, 0.29) is 28.3 Å². The van der Waals surface area contributed by atoms with E-state index in [0.717, 1.165) is 22.3 Å². The van der Waals surface area contributed by atoms with E-state index in [0.29, 0.717) is 4.47 Å². The van der Waals surface area contributed by atoms with Crippen LogP contribution in [0.3, 0.4) is 0 Å². The molecule has 0 saturated heterocycles. The van der Waals surface area contributed by atoms with Crippen molar-refractivity contribution in [2.75, 3.05) is 11.9 Å². The number of alkyl carbamates (subject to hydrolysis) is 1. The molecule has 1 unspecified atom stereocenters. The monoisotopic (exact) mass is 576 g/mol. The van der Waals surface area contributed by atoms with Gasteiger partial charge in [0.2, 0.25) is 5.91 Å². The molecule has 0 aliphatic heterocycles. The summed E-state index contributed by atoms with van der Waals surface area (Å²) in [5.41, 5.74) is 4.39. The molecular formula is C25H19BrCl2N2O5. The number of carbonyl (C=O) groups excluding carboxylic acids is 2. The van der Waals surface area contributed by atoms with Crippen LogP contribution in [0, 0.1) is 0 Å². The van der Waals surface area contributed by atoms with Crippen LogP contribution < -0.4 is 10.6 Å². The van der Waals surface area contributed by atoms with Gasteiger partial charge in [0.25, 0.3) is 0 Å². The second-order valence-electron chi connectivity index (χ2n) is 7.83. The number of amides is 2. The average Bonchev–Trinajstić information content (AvgIpc) is 3.16. The standard InChI is InChI=1S/C25H19BrCl2N2O5/c26-18-9-10-19(23(28)22(18)27)29-24(33)20(11-21(31)32)30-25(34)35-12-17-15-7-3-1-5-13(15)14-6-2-4-8-16(14)17/h1-10,17,20H,11-12H2,(H,29,33)(H,30,34)(H,31,32). The Kier molecular flexibility index (Phi) is 7.64. The highest BCUT2D eigenvalue weighted by Crippen LogP contribution is 2.44. The van der Waals surface area contributed by atoms with Crippen molar-refractivity contribution < 1.29 is 24.2 Å². The highest BCUT2D eigenvalue weighted by molar-refractivity contribution is 9.10. The Labute approximate surface area is 219 Å². The number of benzene rings is 3. The number of anilines is 1. The summed E-state index contributed by atoms with van der Waals surface area (Å²) in [7, 11) is 0. The third-order valence-corrected chi connectivity index (χ3v) is 7.40. The lowest BCUT2D eigenvalue weighted by molar-refractivity contribution is -0.139. The SMILES string of the molecule is O=C(O)CC(NC(=O)OCC1c2ccccc2-c2ccccc21)C(=O)Nc1ccc(Br)c(Cl)c1Cl. The van der Waals surface area contributed by atoms with Gasteiger partial charge >= 0.3 is 12.1 Å². The van der Waals surface area contributed by atoms with E-state index < -0.39 is 30.4 Å². The fourth-order valence-corrected chi connectivity index (χ4v) is 4.83. The van der Waals surface area contributed by atoms with Gasteiger partial charge in [-0.2, -0.15) is 0 Å². The molecule has 10 heteroatoms. The number of fused-ring (bicyclic) bond motifs is 3. The van der Waals surface area contributed by atoms with E-state index in [1.54, 1.807) is 6.07 Å². The van der Waals surface area contributed by atoms with Crippen molar-refractivity contribution in [3.63, 3.8) is 0 Å². The van der Waals surface area contributed by atoms with Gasteiger partial charge in [0, 0.05) is 10.4 Å². The predicted molar refractivity (Wildman–Crippen MR) is 137 cm³/mol. The molecule has 3 aromatic rings. The van der Waals surface area contributed by atoms with E-state index in [2.05, 4.69) is 26.6 Å². The summed E-state index contributed by atoms with van der Waals surface area (Å²) in [6.07, 6.45) is -1.56. The molecule has 1 aliphatic carbocycles. The van der Waals surface area contributed by atoms with Gasteiger partial charge in [0.15, 0.2) is 0 Å². The van der Waals surface area contributed by atoms with Crippen molar-refractivity contribution in [3.05, 3.63) is 86.3 Å². The molecule has 0 aromatic heterocycles. The molecule has 1 atom stereocenters. The summed E-state index contributed by atoms with van der Waals surface area (Å²) in [6, 6.07) is 17.4. The van der Waals surface area contributed by atoms with Gasteiger partial charge < -0.3 is 20.5 Å². The lowest BCUT2D eigenvalue weighted by Gasteiger charge is -2.19. The first-order chi connectivity index (χ1) is 16.8. The molecule has 35 heavy (non-hydrogen) atoms. The lowest BCUT2D eigenvalue weighted by Crippen LogP contribution is -2.45. The summed E-state index contributed by atoms with van der Waals surface area (Å²) in [5.74, 6) is -2.23. The molecule has 0 spiro atoms. The first kappa shape index (κ1) is 25.0. The number of hydrogen-bond acceptors (Lipinski definition) is 4. The van der Waals surface area contributed by atoms with Crippen LogP contribution in [0.2, 0.25) is 10.0 Å². The Morgan fingerprint density at radius 2 is 1.54 bits per heavy atom. The number of aliphatic carboxylic acids is 1. The third-order valence-electron chi connectivity index (χ3n) is 5.62. The number of hydrogen-bond donors (Lipinski definition) is 3. The Morgan fingerprint density at radius 1 is 0.943 bits per heavy atom. The summed E-state index contributed by atoms with van der Waals surface area (Å²) in [4.78, 5) is 36.7. The molecule has 1 aliphatic rings. The number of carboxylic acid groups (broad SMARTS) is 1. The van der Waals surface area contributed by atoms with Crippen LogP contribution >= 0.6 is 39.1 Å². The third kappa shape index (κ3) is 5.45. The van der Waals surface area contributed by atoms with Crippen molar-refractivity contribution >= 4 is 62.8 Å². The zero-order valence-corrected chi connectivity index (χ0v) is 21.2. The van der Waals surface area contributed by atoms with Crippen LogP contribution in [0.4, 0.5) is 10.5 Å². The highest BCUT2D eigenvalue weighted by Gasteiger charge is 2.30. The normalized spacial score (nSPS) is 12.9. The number of halogens is 3. The van der Waals surface area contributed by atoms with Crippen molar-refractivity contribution in [1.29, 1.82) is 0 Å². The first-order valence-electron chi connectivity index (χ1n) is 10.5. The summed E-state index contributed by atoms with van der Waals surface area (Å²) in [6.45, 7) is 0.0232. The number of ether oxygens (including phenoxy) is 1. The van der Waals surface area contributed by atoms with Crippen LogP contribution in [-0.4, -0.2) is 35.7 Å². The van der Waals surface area contributed by atoms with Crippen molar-refractivity contribution in [2.45, 2.75) is 18.4 Å². The number of carbonyl (C=O) groups is 3. The second-order valence-corrected chi connectivity index (χ2v) is 9.44. The minimum absolute atomic E-state index is 0.0232. The maximum atomic E-state index is 12.8. The van der Waals surface area contributed by atoms with Crippen molar-refractivity contribution in [2.24, 2.45) is 0 Å². The van der Waals surface area contributed by atoms with E-state index in [9.17, 15) is 19.5 Å². The van der Waals surface area contributed by atoms with Crippen LogP contribution in [0.15, 0.2) is 65.1 Å². The summed E-state index contributed by atoms with van der Waals surface area (Å²) < 4.78 is 5.96. The van der Waals surface area contributed by atoms with Gasteiger partial charge in [0.05, 0.1) is 22.2 Å². The Morgan fingerprint density at radius 3 is 2.14 bits per heavy atom. The zero-order chi connectivity index (χ0) is 25.1. The maximum absolute atomic E-state index is 12.8. The van der Waals surface area contributed by atoms with E-state index in [1.807, 2.05) is 48.5 Å². The minimum atomic E-state index is -1.40. The van der Waals surface area contributed by atoms with Crippen molar-refractivity contribution in [1.82, 2.24) is 5.32 Å². The van der Waals surface area contributed by atoms with Gasteiger partial charge in [-0.15, -0.1) is 0 Å². The van der Waals surface area contributed by atoms with E-state index >= 15 is 0 Å². The highest BCUT2D eigenvalue weighted by atomic mass is 79.9. The van der Waals surface area contributed by atoms with Crippen LogP contribution in [0.1, 0.15) is 23.5 Å². The summed E-state index contributed by atoms with van der Waals surface area (Å²) >= 11 is 15.5. The Bertz CT molecular complexity index is 1270. The molecule has 0 saturated carbocycles. The second kappa shape index (κ2) is 10.7. The van der Waals surface area contributed by atoms with Gasteiger partial charge in [-0.25, -0.2) is 4.79 Å². The molecule has 0 radical (unpaired) electrons. The quantitative estimate of drug-likeness (QED) is 0.295. The Balaban J connectivity index is 1.45. The molecule has 2 amide bonds. The number of carboxylic acids is 1. The fraction of sp³-hybridized carbons (Fsp3) is 0.160. The minimum Gasteiger partial charge on any atom is -0.481 e.